The Morgan fingerprint density at radius 2 is 1.90 bits per heavy atom. The number of carboxylic acid groups (broad SMARTS) is 1. The first kappa shape index (κ1) is 12.7. The van der Waals surface area contributed by atoms with E-state index in [1.165, 1.54) is 17.8 Å². The highest BCUT2D eigenvalue weighted by Gasteiger charge is 2.20. The minimum absolute atomic E-state index is 0.159. The van der Waals surface area contributed by atoms with Gasteiger partial charge >= 0.3 is 5.97 Å². The van der Waals surface area contributed by atoms with Gasteiger partial charge in [-0.15, -0.1) is 0 Å². The average Bonchev–Trinajstić information content (AvgIpc) is 2.54. The van der Waals surface area contributed by atoms with Gasteiger partial charge in [0.1, 0.15) is 0 Å². The zero-order valence-corrected chi connectivity index (χ0v) is 11.5. The fourth-order valence-electron chi connectivity index (χ4n) is 2.07. The molecule has 0 saturated carbocycles. The van der Waals surface area contributed by atoms with E-state index in [-0.39, 0.29) is 11.5 Å². The van der Waals surface area contributed by atoms with E-state index in [0.29, 0.717) is 11.3 Å². The normalized spacial score (nSPS) is 12.9. The van der Waals surface area contributed by atoms with Crippen molar-refractivity contribution in [2.75, 3.05) is 5.32 Å². The summed E-state index contributed by atoms with van der Waals surface area (Å²) in [5, 5.41) is 11.8. The van der Waals surface area contributed by atoms with E-state index in [1.807, 2.05) is 25.1 Å². The molecule has 0 fully saturated rings. The lowest BCUT2D eigenvalue weighted by atomic mass is 10.1. The molecule has 0 aromatic heterocycles. The first-order chi connectivity index (χ1) is 9.54. The first-order valence-electron chi connectivity index (χ1n) is 6.02. The molecule has 0 unspecified atom stereocenters. The molecule has 2 N–H and O–H groups in total. The zero-order valence-electron chi connectivity index (χ0n) is 10.6. The number of rotatable bonds is 1. The first-order valence-corrected chi connectivity index (χ1v) is 6.83. The summed E-state index contributed by atoms with van der Waals surface area (Å²) in [6, 6.07) is 10.5. The number of carbonyl (C=O) groups is 2. The molecule has 1 amide bonds. The van der Waals surface area contributed by atoms with Gasteiger partial charge in [0.05, 0.1) is 16.8 Å². The van der Waals surface area contributed by atoms with E-state index < -0.39 is 5.97 Å². The van der Waals surface area contributed by atoms with Crippen LogP contribution in [0.5, 0.6) is 0 Å². The van der Waals surface area contributed by atoms with Gasteiger partial charge < -0.3 is 10.4 Å². The van der Waals surface area contributed by atoms with Gasteiger partial charge in [-0.25, -0.2) is 4.79 Å². The standard InChI is InChI=1S/C15H11NO3S/c1-8-2-4-12-10(6-8)14(17)16-11-7-9(15(18)19)3-5-13(11)20-12/h2-7H,1H3,(H,16,17)(H,18,19). The Bertz CT molecular complexity index is 740. The smallest absolute Gasteiger partial charge is 0.335 e. The molecule has 0 spiro atoms. The van der Waals surface area contributed by atoms with Crippen LogP contribution in [0.2, 0.25) is 0 Å². The van der Waals surface area contributed by atoms with Crippen LogP contribution in [0.25, 0.3) is 0 Å². The molecule has 1 heterocycles. The fraction of sp³-hybridized carbons (Fsp3) is 0.0667. The lowest BCUT2D eigenvalue weighted by Gasteiger charge is -2.06. The molecule has 0 radical (unpaired) electrons. The molecule has 1 aliphatic heterocycles. The summed E-state index contributed by atoms with van der Waals surface area (Å²) in [6.07, 6.45) is 0. The molecular weight excluding hydrogens is 274 g/mol. The molecule has 0 saturated heterocycles. The van der Waals surface area contributed by atoms with Crippen molar-refractivity contribution < 1.29 is 14.7 Å². The Balaban J connectivity index is 2.11. The van der Waals surface area contributed by atoms with E-state index in [2.05, 4.69) is 5.32 Å². The molecular formula is C15H11NO3S. The predicted molar refractivity (Wildman–Crippen MR) is 76.7 cm³/mol. The van der Waals surface area contributed by atoms with Gasteiger partial charge in [-0.05, 0) is 37.3 Å². The number of hydrogen-bond donors (Lipinski definition) is 2. The van der Waals surface area contributed by atoms with E-state index >= 15 is 0 Å². The number of benzene rings is 2. The Kier molecular flexibility index (Phi) is 2.99. The molecule has 2 aromatic rings. The lowest BCUT2D eigenvalue weighted by molar-refractivity contribution is 0.0696. The van der Waals surface area contributed by atoms with Crippen LogP contribution < -0.4 is 5.32 Å². The summed E-state index contributed by atoms with van der Waals surface area (Å²) >= 11 is 1.46. The third-order valence-corrected chi connectivity index (χ3v) is 4.23. The van der Waals surface area contributed by atoms with Gasteiger partial charge in [-0.3, -0.25) is 4.79 Å². The summed E-state index contributed by atoms with van der Waals surface area (Å²) in [4.78, 5) is 24.9. The van der Waals surface area contributed by atoms with Crippen molar-refractivity contribution in [2.45, 2.75) is 16.7 Å². The van der Waals surface area contributed by atoms with Crippen molar-refractivity contribution >= 4 is 29.3 Å². The number of carboxylic acids is 1. The maximum Gasteiger partial charge on any atom is 0.335 e. The number of anilines is 1. The van der Waals surface area contributed by atoms with Crippen molar-refractivity contribution in [1.29, 1.82) is 0 Å². The second-order valence-electron chi connectivity index (χ2n) is 4.57. The Labute approximate surface area is 119 Å². The second-order valence-corrected chi connectivity index (χ2v) is 5.66. The van der Waals surface area contributed by atoms with Gasteiger partial charge in [0, 0.05) is 9.79 Å². The van der Waals surface area contributed by atoms with Crippen LogP contribution >= 0.6 is 11.8 Å². The summed E-state index contributed by atoms with van der Waals surface area (Å²) in [5.41, 5.74) is 2.32. The molecule has 0 bridgehead atoms. The van der Waals surface area contributed by atoms with Crippen LogP contribution in [0.4, 0.5) is 5.69 Å². The molecule has 1 aliphatic rings. The Morgan fingerprint density at radius 3 is 2.65 bits per heavy atom. The highest BCUT2D eigenvalue weighted by atomic mass is 32.2. The van der Waals surface area contributed by atoms with Crippen LogP contribution in [0.1, 0.15) is 26.3 Å². The minimum atomic E-state index is -1.01. The average molecular weight is 285 g/mol. The van der Waals surface area contributed by atoms with Gasteiger partial charge in [0.25, 0.3) is 5.91 Å². The van der Waals surface area contributed by atoms with Crippen LogP contribution in [0, 0.1) is 6.92 Å². The quantitative estimate of drug-likeness (QED) is 0.842. The SMILES string of the molecule is Cc1ccc2c(c1)C(=O)Nc1cc(C(=O)O)ccc1S2. The number of aryl methyl sites for hydroxylation is 1. The van der Waals surface area contributed by atoms with E-state index in [1.54, 1.807) is 12.1 Å². The molecule has 100 valence electrons. The van der Waals surface area contributed by atoms with Gasteiger partial charge in [-0.1, -0.05) is 23.4 Å². The predicted octanol–water partition coefficient (Wildman–Crippen LogP) is 3.41. The maximum atomic E-state index is 12.2. The molecule has 5 heteroatoms. The summed E-state index contributed by atoms with van der Waals surface area (Å²) < 4.78 is 0. The molecule has 3 rings (SSSR count). The van der Waals surface area contributed by atoms with Crippen molar-refractivity contribution in [1.82, 2.24) is 0 Å². The highest BCUT2D eigenvalue weighted by Crippen LogP contribution is 2.39. The van der Waals surface area contributed by atoms with E-state index in [9.17, 15) is 9.59 Å². The molecule has 0 atom stereocenters. The van der Waals surface area contributed by atoms with Crippen molar-refractivity contribution in [3.05, 3.63) is 53.1 Å². The molecule has 2 aromatic carbocycles. The van der Waals surface area contributed by atoms with Crippen LogP contribution in [0.15, 0.2) is 46.2 Å². The molecule has 20 heavy (non-hydrogen) atoms. The van der Waals surface area contributed by atoms with Gasteiger partial charge in [0.2, 0.25) is 0 Å². The minimum Gasteiger partial charge on any atom is -0.478 e. The largest absolute Gasteiger partial charge is 0.478 e. The molecule has 4 nitrogen and oxygen atoms in total. The third-order valence-electron chi connectivity index (χ3n) is 3.07. The second kappa shape index (κ2) is 4.68. The number of carbonyl (C=O) groups excluding carboxylic acids is 1. The summed E-state index contributed by atoms with van der Waals surface area (Å²) in [5.74, 6) is -1.22. The number of amides is 1. The third kappa shape index (κ3) is 2.16. The topological polar surface area (TPSA) is 66.4 Å². The van der Waals surface area contributed by atoms with Crippen molar-refractivity contribution in [3.63, 3.8) is 0 Å². The summed E-state index contributed by atoms with van der Waals surface area (Å²) in [7, 11) is 0. The van der Waals surface area contributed by atoms with Crippen LogP contribution in [-0.2, 0) is 0 Å². The van der Waals surface area contributed by atoms with Gasteiger partial charge in [-0.2, -0.15) is 0 Å². The maximum absolute atomic E-state index is 12.2. The Morgan fingerprint density at radius 1 is 1.15 bits per heavy atom. The van der Waals surface area contributed by atoms with Gasteiger partial charge in [0.15, 0.2) is 0 Å². The van der Waals surface area contributed by atoms with E-state index in [0.717, 1.165) is 15.4 Å². The lowest BCUT2D eigenvalue weighted by Crippen LogP contribution is -2.12. The molecule has 0 aliphatic carbocycles. The monoisotopic (exact) mass is 285 g/mol. The van der Waals surface area contributed by atoms with Crippen molar-refractivity contribution in [2.24, 2.45) is 0 Å². The number of hydrogen-bond acceptors (Lipinski definition) is 3. The fourth-order valence-corrected chi connectivity index (χ4v) is 3.06. The van der Waals surface area contributed by atoms with E-state index in [4.69, 9.17) is 5.11 Å². The number of aromatic carboxylic acids is 1. The number of fused-ring (bicyclic) bond motifs is 2. The zero-order chi connectivity index (χ0) is 14.3. The highest BCUT2D eigenvalue weighted by molar-refractivity contribution is 7.99. The van der Waals surface area contributed by atoms with Crippen molar-refractivity contribution in [3.8, 4) is 0 Å². The summed E-state index contributed by atoms with van der Waals surface area (Å²) in [6.45, 7) is 1.93. The van der Waals surface area contributed by atoms with Crippen LogP contribution in [-0.4, -0.2) is 17.0 Å². The Hall–Kier alpha value is -2.27. The van der Waals surface area contributed by atoms with Crippen LogP contribution in [0.3, 0.4) is 0 Å². The number of nitrogens with one attached hydrogen (secondary N) is 1.